The molecule has 2 atom stereocenters. The van der Waals surface area contributed by atoms with Gasteiger partial charge >= 0.3 is 0 Å². The third-order valence-corrected chi connectivity index (χ3v) is 5.19. The van der Waals surface area contributed by atoms with Crippen molar-refractivity contribution in [3.05, 3.63) is 0 Å². The van der Waals surface area contributed by atoms with Crippen molar-refractivity contribution in [1.29, 1.82) is 0 Å². The third-order valence-electron chi connectivity index (χ3n) is 3.62. The van der Waals surface area contributed by atoms with Gasteiger partial charge in [-0.05, 0) is 25.2 Å². The van der Waals surface area contributed by atoms with Crippen molar-refractivity contribution in [2.24, 2.45) is 11.7 Å². The lowest BCUT2D eigenvalue weighted by Crippen LogP contribution is -2.56. The van der Waals surface area contributed by atoms with Crippen LogP contribution in [0.3, 0.4) is 0 Å². The van der Waals surface area contributed by atoms with E-state index in [0.717, 1.165) is 25.7 Å². The maximum Gasteiger partial charge on any atom is 0.212 e. The first-order valence-electron chi connectivity index (χ1n) is 6.64. The standard InChI is InChI=1S/C12H26N2O3S/c1-11-5-3-6-12(9-11,10-13)14-18(15,16)8-4-7-17-2/h11,14H,3-10,13H2,1-2H3. The van der Waals surface area contributed by atoms with Crippen LogP contribution in [0.5, 0.6) is 0 Å². The summed E-state index contributed by atoms with van der Waals surface area (Å²) in [5.74, 6) is 0.640. The molecule has 1 fully saturated rings. The Labute approximate surface area is 111 Å². The summed E-state index contributed by atoms with van der Waals surface area (Å²) < 4.78 is 31.8. The van der Waals surface area contributed by atoms with Crippen LogP contribution < -0.4 is 10.5 Å². The van der Waals surface area contributed by atoms with Crippen molar-refractivity contribution in [3.63, 3.8) is 0 Å². The molecule has 6 heteroatoms. The van der Waals surface area contributed by atoms with Gasteiger partial charge in [0.05, 0.1) is 5.75 Å². The molecule has 0 aromatic rings. The minimum absolute atomic E-state index is 0.108. The fraction of sp³-hybridized carbons (Fsp3) is 1.00. The van der Waals surface area contributed by atoms with Gasteiger partial charge in [-0.25, -0.2) is 13.1 Å². The minimum atomic E-state index is -3.26. The van der Waals surface area contributed by atoms with E-state index >= 15 is 0 Å². The maximum absolute atomic E-state index is 12.0. The van der Waals surface area contributed by atoms with E-state index in [1.165, 1.54) is 0 Å². The van der Waals surface area contributed by atoms with E-state index in [9.17, 15) is 8.42 Å². The summed E-state index contributed by atoms with van der Waals surface area (Å²) in [6.07, 6.45) is 4.40. The van der Waals surface area contributed by atoms with E-state index in [1.807, 2.05) is 0 Å². The molecule has 0 aromatic heterocycles. The molecule has 1 saturated carbocycles. The number of sulfonamides is 1. The van der Waals surface area contributed by atoms with Gasteiger partial charge in [0.1, 0.15) is 0 Å². The number of ether oxygens (including phenoxy) is 1. The molecule has 0 saturated heterocycles. The first-order chi connectivity index (χ1) is 8.43. The molecule has 18 heavy (non-hydrogen) atoms. The average Bonchev–Trinajstić information content (AvgIpc) is 2.28. The zero-order valence-corrected chi connectivity index (χ0v) is 12.3. The van der Waals surface area contributed by atoms with E-state index < -0.39 is 15.6 Å². The molecule has 108 valence electrons. The normalized spacial score (nSPS) is 29.4. The molecule has 0 spiro atoms. The van der Waals surface area contributed by atoms with E-state index in [0.29, 0.717) is 25.5 Å². The largest absolute Gasteiger partial charge is 0.385 e. The number of hydrogen-bond acceptors (Lipinski definition) is 4. The number of methoxy groups -OCH3 is 1. The van der Waals surface area contributed by atoms with Gasteiger partial charge in [0.15, 0.2) is 0 Å². The highest BCUT2D eigenvalue weighted by Gasteiger charge is 2.36. The second kappa shape index (κ2) is 6.84. The SMILES string of the molecule is COCCCS(=O)(=O)NC1(CN)CCCC(C)C1. The maximum atomic E-state index is 12.0. The minimum Gasteiger partial charge on any atom is -0.385 e. The van der Waals surface area contributed by atoms with Crippen molar-refractivity contribution in [2.45, 2.75) is 44.6 Å². The monoisotopic (exact) mass is 278 g/mol. The zero-order chi connectivity index (χ0) is 13.6. The van der Waals surface area contributed by atoms with Gasteiger partial charge in [0, 0.05) is 25.8 Å². The van der Waals surface area contributed by atoms with E-state index in [2.05, 4.69) is 11.6 Å². The predicted molar refractivity (Wildman–Crippen MR) is 72.8 cm³/mol. The molecule has 0 heterocycles. The molecule has 0 amide bonds. The van der Waals surface area contributed by atoms with Gasteiger partial charge in [0.2, 0.25) is 10.0 Å². The summed E-state index contributed by atoms with van der Waals surface area (Å²) in [5.41, 5.74) is 5.38. The van der Waals surface area contributed by atoms with Crippen LogP contribution in [0.2, 0.25) is 0 Å². The number of nitrogens with one attached hydrogen (secondary N) is 1. The molecule has 0 radical (unpaired) electrons. The highest BCUT2D eigenvalue weighted by Crippen LogP contribution is 2.32. The summed E-state index contributed by atoms with van der Waals surface area (Å²) in [5, 5.41) is 0. The van der Waals surface area contributed by atoms with Crippen molar-refractivity contribution in [2.75, 3.05) is 26.0 Å². The molecule has 1 aliphatic rings. The van der Waals surface area contributed by atoms with Crippen LogP contribution in [0.4, 0.5) is 0 Å². The van der Waals surface area contributed by atoms with Gasteiger partial charge in [0.25, 0.3) is 0 Å². The van der Waals surface area contributed by atoms with Gasteiger partial charge in [-0.3, -0.25) is 0 Å². The summed E-state index contributed by atoms with van der Waals surface area (Å²) >= 11 is 0. The van der Waals surface area contributed by atoms with Crippen LogP contribution in [0.15, 0.2) is 0 Å². The Morgan fingerprint density at radius 1 is 1.50 bits per heavy atom. The topological polar surface area (TPSA) is 81.4 Å². The molecule has 5 nitrogen and oxygen atoms in total. The Bertz CT molecular complexity index is 345. The predicted octanol–water partition coefficient (Wildman–Crippen LogP) is 0.850. The quantitative estimate of drug-likeness (QED) is 0.676. The number of rotatable bonds is 7. The Morgan fingerprint density at radius 3 is 2.78 bits per heavy atom. The lowest BCUT2D eigenvalue weighted by atomic mass is 9.77. The first-order valence-corrected chi connectivity index (χ1v) is 8.29. The summed E-state index contributed by atoms with van der Waals surface area (Å²) in [6.45, 7) is 3.00. The van der Waals surface area contributed by atoms with Crippen molar-refractivity contribution in [1.82, 2.24) is 4.72 Å². The van der Waals surface area contributed by atoms with Gasteiger partial charge in [-0.2, -0.15) is 0 Å². The molecule has 3 N–H and O–H groups in total. The number of hydrogen-bond donors (Lipinski definition) is 2. The van der Waals surface area contributed by atoms with E-state index in [4.69, 9.17) is 10.5 Å². The Hall–Kier alpha value is -0.170. The van der Waals surface area contributed by atoms with E-state index in [1.54, 1.807) is 7.11 Å². The molecule has 1 aliphatic carbocycles. The second-order valence-electron chi connectivity index (χ2n) is 5.45. The zero-order valence-electron chi connectivity index (χ0n) is 11.4. The fourth-order valence-corrected chi connectivity index (χ4v) is 4.28. The first kappa shape index (κ1) is 15.9. The van der Waals surface area contributed by atoms with Crippen LogP contribution in [-0.4, -0.2) is 40.0 Å². The van der Waals surface area contributed by atoms with Crippen molar-refractivity contribution in [3.8, 4) is 0 Å². The lowest BCUT2D eigenvalue weighted by molar-refractivity contribution is 0.198. The summed E-state index contributed by atoms with van der Waals surface area (Å²) in [7, 11) is -1.68. The van der Waals surface area contributed by atoms with Gasteiger partial charge in [-0.1, -0.05) is 19.8 Å². The fourth-order valence-electron chi connectivity index (χ4n) is 2.75. The smallest absolute Gasteiger partial charge is 0.212 e. The average molecular weight is 278 g/mol. The molecule has 0 bridgehead atoms. The second-order valence-corrected chi connectivity index (χ2v) is 7.30. The number of nitrogens with two attached hydrogens (primary N) is 1. The Balaban J connectivity index is 2.61. The molecular formula is C12H26N2O3S. The van der Waals surface area contributed by atoms with Crippen molar-refractivity contribution < 1.29 is 13.2 Å². The lowest BCUT2D eigenvalue weighted by Gasteiger charge is -2.39. The summed E-state index contributed by atoms with van der Waals surface area (Å²) in [6, 6.07) is 0. The van der Waals surface area contributed by atoms with E-state index in [-0.39, 0.29) is 5.75 Å². The summed E-state index contributed by atoms with van der Waals surface area (Å²) in [4.78, 5) is 0. The Morgan fingerprint density at radius 2 is 2.22 bits per heavy atom. The highest BCUT2D eigenvalue weighted by molar-refractivity contribution is 7.89. The Kier molecular flexibility index (Phi) is 6.04. The molecule has 2 unspecified atom stereocenters. The van der Waals surface area contributed by atoms with Crippen LogP contribution in [0.25, 0.3) is 0 Å². The van der Waals surface area contributed by atoms with Crippen LogP contribution in [-0.2, 0) is 14.8 Å². The van der Waals surface area contributed by atoms with Crippen LogP contribution in [0.1, 0.15) is 39.0 Å². The van der Waals surface area contributed by atoms with Gasteiger partial charge in [-0.15, -0.1) is 0 Å². The molecule has 1 rings (SSSR count). The molecule has 0 aromatic carbocycles. The highest BCUT2D eigenvalue weighted by atomic mass is 32.2. The van der Waals surface area contributed by atoms with Crippen LogP contribution >= 0.6 is 0 Å². The third kappa shape index (κ3) is 4.84. The molecule has 0 aliphatic heterocycles. The molecular weight excluding hydrogens is 252 g/mol. The van der Waals surface area contributed by atoms with Crippen molar-refractivity contribution >= 4 is 10.0 Å². The van der Waals surface area contributed by atoms with Gasteiger partial charge < -0.3 is 10.5 Å². The van der Waals surface area contributed by atoms with Crippen LogP contribution in [0, 0.1) is 5.92 Å².